The van der Waals surface area contributed by atoms with E-state index in [1.165, 1.54) is 11.8 Å². The minimum atomic E-state index is -0.258. The van der Waals surface area contributed by atoms with E-state index in [-0.39, 0.29) is 18.2 Å². The van der Waals surface area contributed by atoms with Crippen LogP contribution in [0.25, 0.3) is 0 Å². The van der Waals surface area contributed by atoms with Crippen LogP contribution in [0.15, 0.2) is 27.2 Å². The van der Waals surface area contributed by atoms with Crippen LogP contribution in [0, 0.1) is 18.3 Å². The summed E-state index contributed by atoms with van der Waals surface area (Å²) < 4.78 is 5.58. The molecule has 100 valence electrons. The second-order valence-corrected chi connectivity index (χ2v) is 5.56. The number of nitriles is 1. The molecule has 0 radical (unpaired) electrons. The molecule has 0 aromatic carbocycles. The number of thioether (sulfide) groups is 1. The molecule has 1 aliphatic heterocycles. The van der Waals surface area contributed by atoms with Crippen molar-refractivity contribution in [3.05, 3.63) is 34.3 Å². The predicted octanol–water partition coefficient (Wildman–Crippen LogP) is 3.07. The molecular formula is C14H16N2O2S. The summed E-state index contributed by atoms with van der Waals surface area (Å²) in [7, 11) is 0. The minimum Gasteiger partial charge on any atom is -0.466 e. The highest BCUT2D eigenvalue weighted by atomic mass is 32.2. The molecule has 1 atom stereocenters. The van der Waals surface area contributed by atoms with Crippen molar-refractivity contribution in [3.63, 3.8) is 0 Å². The SMILES string of the molecule is CCCSC1=C(C#N)[C@@H](c2ccc(C)o2)CC(=O)N1. The van der Waals surface area contributed by atoms with Gasteiger partial charge in [0.1, 0.15) is 11.5 Å². The van der Waals surface area contributed by atoms with Crippen LogP contribution in [0.2, 0.25) is 0 Å². The normalized spacial score (nSPS) is 19.2. The Labute approximate surface area is 116 Å². The predicted molar refractivity (Wildman–Crippen MR) is 74.3 cm³/mol. The third kappa shape index (κ3) is 3.02. The lowest BCUT2D eigenvalue weighted by atomic mass is 9.92. The third-order valence-electron chi connectivity index (χ3n) is 2.91. The summed E-state index contributed by atoms with van der Waals surface area (Å²) >= 11 is 1.52. The van der Waals surface area contributed by atoms with E-state index in [2.05, 4.69) is 18.3 Å². The highest BCUT2D eigenvalue weighted by Crippen LogP contribution is 2.36. The molecule has 4 nitrogen and oxygen atoms in total. The minimum absolute atomic E-state index is 0.0587. The summed E-state index contributed by atoms with van der Waals surface area (Å²) in [5.41, 5.74) is 0.604. The Morgan fingerprint density at radius 2 is 2.37 bits per heavy atom. The smallest absolute Gasteiger partial charge is 0.225 e. The molecule has 1 aromatic rings. The topological polar surface area (TPSA) is 66.0 Å². The van der Waals surface area contributed by atoms with Gasteiger partial charge in [-0.15, -0.1) is 11.8 Å². The van der Waals surface area contributed by atoms with Gasteiger partial charge in [0.2, 0.25) is 5.91 Å². The van der Waals surface area contributed by atoms with Crippen molar-refractivity contribution >= 4 is 17.7 Å². The molecule has 0 saturated heterocycles. The quantitative estimate of drug-likeness (QED) is 0.917. The maximum absolute atomic E-state index is 11.8. The largest absolute Gasteiger partial charge is 0.466 e. The molecule has 2 rings (SSSR count). The molecule has 0 fully saturated rings. The van der Waals surface area contributed by atoms with Gasteiger partial charge in [-0.3, -0.25) is 4.79 Å². The molecule has 5 heteroatoms. The summed E-state index contributed by atoms with van der Waals surface area (Å²) in [5, 5.41) is 12.8. The molecule has 1 N–H and O–H groups in total. The van der Waals surface area contributed by atoms with Crippen LogP contribution < -0.4 is 5.32 Å². The van der Waals surface area contributed by atoms with Gasteiger partial charge in [-0.05, 0) is 31.2 Å². The van der Waals surface area contributed by atoms with Crippen molar-refractivity contribution in [1.29, 1.82) is 5.26 Å². The Morgan fingerprint density at radius 1 is 1.58 bits per heavy atom. The average Bonchev–Trinajstić information content (AvgIpc) is 2.82. The van der Waals surface area contributed by atoms with E-state index in [0.717, 1.165) is 17.9 Å². The molecule has 0 saturated carbocycles. The van der Waals surface area contributed by atoms with Crippen molar-refractivity contribution in [1.82, 2.24) is 5.32 Å². The van der Waals surface area contributed by atoms with Crippen LogP contribution in [0.4, 0.5) is 0 Å². The van der Waals surface area contributed by atoms with E-state index in [0.29, 0.717) is 16.4 Å². The van der Waals surface area contributed by atoms with Gasteiger partial charge in [-0.1, -0.05) is 6.92 Å². The zero-order valence-corrected chi connectivity index (χ0v) is 11.8. The van der Waals surface area contributed by atoms with E-state index >= 15 is 0 Å². The van der Waals surface area contributed by atoms with Crippen LogP contribution in [0.1, 0.15) is 37.2 Å². The summed E-state index contributed by atoms with van der Waals surface area (Å²) in [6, 6.07) is 5.93. The maximum Gasteiger partial charge on any atom is 0.225 e. The fourth-order valence-corrected chi connectivity index (χ4v) is 2.96. The lowest BCUT2D eigenvalue weighted by Gasteiger charge is -2.23. The number of nitrogens with one attached hydrogen (secondary N) is 1. The van der Waals surface area contributed by atoms with Gasteiger partial charge in [-0.25, -0.2) is 0 Å². The first kappa shape index (κ1) is 13.8. The van der Waals surface area contributed by atoms with Gasteiger partial charge in [0.15, 0.2) is 0 Å². The number of hydrogen-bond donors (Lipinski definition) is 1. The number of carbonyl (C=O) groups is 1. The molecule has 1 aromatic heterocycles. The second kappa shape index (κ2) is 5.98. The van der Waals surface area contributed by atoms with Gasteiger partial charge in [0.25, 0.3) is 0 Å². The Kier molecular flexibility index (Phi) is 4.33. The molecule has 0 spiro atoms. The summed E-state index contributed by atoms with van der Waals surface area (Å²) in [5.74, 6) is 2.05. The van der Waals surface area contributed by atoms with Crippen LogP contribution in [0.5, 0.6) is 0 Å². The van der Waals surface area contributed by atoms with Gasteiger partial charge < -0.3 is 9.73 Å². The first-order chi connectivity index (χ1) is 9.15. The Bertz CT molecular complexity index is 554. The van der Waals surface area contributed by atoms with Crippen molar-refractivity contribution < 1.29 is 9.21 Å². The number of hydrogen-bond acceptors (Lipinski definition) is 4. The van der Waals surface area contributed by atoms with E-state index in [4.69, 9.17) is 4.42 Å². The number of aryl methyl sites for hydroxylation is 1. The first-order valence-corrected chi connectivity index (χ1v) is 7.27. The lowest BCUT2D eigenvalue weighted by Crippen LogP contribution is -2.30. The van der Waals surface area contributed by atoms with Crippen molar-refractivity contribution in [2.75, 3.05) is 5.75 Å². The molecule has 0 aliphatic carbocycles. The first-order valence-electron chi connectivity index (χ1n) is 6.29. The molecule has 1 aliphatic rings. The van der Waals surface area contributed by atoms with Crippen molar-refractivity contribution in [2.24, 2.45) is 0 Å². The molecule has 2 heterocycles. The average molecular weight is 276 g/mol. The molecule has 0 bridgehead atoms. The third-order valence-corrected chi connectivity index (χ3v) is 4.13. The fraction of sp³-hybridized carbons (Fsp3) is 0.429. The Hall–Kier alpha value is -1.67. The summed E-state index contributed by atoms with van der Waals surface area (Å²) in [4.78, 5) is 11.8. The van der Waals surface area contributed by atoms with Gasteiger partial charge in [0, 0.05) is 6.42 Å². The zero-order valence-electron chi connectivity index (χ0n) is 11.0. The number of furan rings is 1. The standard InChI is InChI=1S/C14H16N2O2S/c1-3-6-19-14-11(8-15)10(7-13(17)16-14)12-5-4-9(2)18-12/h4-5,10H,3,6-7H2,1-2H3,(H,16,17)/t10-/m0/s1. The number of nitrogens with zero attached hydrogens (tertiary/aromatic N) is 1. The van der Waals surface area contributed by atoms with Gasteiger partial charge >= 0.3 is 0 Å². The lowest BCUT2D eigenvalue weighted by molar-refractivity contribution is -0.120. The van der Waals surface area contributed by atoms with E-state index < -0.39 is 0 Å². The summed E-state index contributed by atoms with van der Waals surface area (Å²) in [6.07, 6.45) is 1.26. The molecule has 0 unspecified atom stereocenters. The number of rotatable bonds is 4. The van der Waals surface area contributed by atoms with E-state index in [1.54, 1.807) is 0 Å². The second-order valence-electron chi connectivity index (χ2n) is 4.46. The number of allylic oxidation sites excluding steroid dienone is 1. The monoisotopic (exact) mass is 276 g/mol. The molecule has 19 heavy (non-hydrogen) atoms. The highest BCUT2D eigenvalue weighted by Gasteiger charge is 2.31. The van der Waals surface area contributed by atoms with Crippen LogP contribution >= 0.6 is 11.8 Å². The van der Waals surface area contributed by atoms with E-state index in [1.807, 2.05) is 19.1 Å². The maximum atomic E-state index is 11.8. The van der Waals surface area contributed by atoms with E-state index in [9.17, 15) is 10.1 Å². The van der Waals surface area contributed by atoms with Gasteiger partial charge in [0.05, 0.1) is 22.6 Å². The number of carbonyl (C=O) groups excluding carboxylic acids is 1. The van der Waals surface area contributed by atoms with Crippen LogP contribution in [-0.2, 0) is 4.79 Å². The van der Waals surface area contributed by atoms with Crippen molar-refractivity contribution in [3.8, 4) is 6.07 Å². The highest BCUT2D eigenvalue weighted by molar-refractivity contribution is 8.03. The van der Waals surface area contributed by atoms with Gasteiger partial charge in [-0.2, -0.15) is 5.26 Å². The fourth-order valence-electron chi connectivity index (χ4n) is 2.02. The number of amides is 1. The van der Waals surface area contributed by atoms with Crippen molar-refractivity contribution in [2.45, 2.75) is 32.6 Å². The summed E-state index contributed by atoms with van der Waals surface area (Å²) in [6.45, 7) is 3.92. The Balaban J connectivity index is 2.35. The molecule has 1 amide bonds. The van der Waals surface area contributed by atoms with Crippen LogP contribution in [0.3, 0.4) is 0 Å². The zero-order chi connectivity index (χ0) is 13.8. The molecular weight excluding hydrogens is 260 g/mol. The Morgan fingerprint density at radius 3 is 2.95 bits per heavy atom. The van der Waals surface area contributed by atoms with Crippen LogP contribution in [-0.4, -0.2) is 11.7 Å².